The Morgan fingerprint density at radius 3 is 2.50 bits per heavy atom. The Bertz CT molecular complexity index is 3160. The van der Waals surface area contributed by atoms with Crippen LogP contribution in [0, 0.1) is 12.8 Å². The number of ether oxygens (including phenoxy) is 1. The first-order valence-electron chi connectivity index (χ1n) is 23.8. The molecule has 2 saturated heterocycles. The maximum atomic E-state index is 13.6. The van der Waals surface area contributed by atoms with Crippen molar-refractivity contribution >= 4 is 78.7 Å². The number of carboxylic acids is 1. The summed E-state index contributed by atoms with van der Waals surface area (Å²) in [6.07, 6.45) is 5.20. The van der Waals surface area contributed by atoms with E-state index in [9.17, 15) is 29.1 Å². The van der Waals surface area contributed by atoms with E-state index in [0.717, 1.165) is 82.1 Å². The summed E-state index contributed by atoms with van der Waals surface area (Å²) in [5.41, 5.74) is 7.42. The number of carbonyl (C=O) groups excluding carboxylic acids is 4. The third-order valence-corrected chi connectivity index (χ3v) is 14.7. The predicted molar refractivity (Wildman–Crippen MR) is 268 cm³/mol. The topological polar surface area (TPSA) is 201 Å². The molecule has 1 unspecified atom stereocenters. The Balaban J connectivity index is 0.701. The molecule has 358 valence electrons. The molecule has 4 aromatic carbocycles. The van der Waals surface area contributed by atoms with E-state index in [4.69, 9.17) is 4.74 Å². The summed E-state index contributed by atoms with van der Waals surface area (Å²) >= 11 is 1.43. The van der Waals surface area contributed by atoms with Gasteiger partial charge in [-0.3, -0.25) is 39.4 Å². The molecule has 3 aromatic heterocycles. The summed E-state index contributed by atoms with van der Waals surface area (Å²) < 4.78 is 8.87. The van der Waals surface area contributed by atoms with Crippen LogP contribution in [0.25, 0.3) is 32.2 Å². The van der Waals surface area contributed by atoms with Crippen molar-refractivity contribution in [3.05, 3.63) is 125 Å². The number of thiazole rings is 1. The van der Waals surface area contributed by atoms with Gasteiger partial charge in [-0.2, -0.15) is 5.10 Å². The molecule has 17 heteroatoms. The minimum atomic E-state index is -1.12. The first kappa shape index (κ1) is 46.2. The van der Waals surface area contributed by atoms with Gasteiger partial charge in [0.15, 0.2) is 10.8 Å². The molecule has 4 N–H and O–H groups in total. The first-order valence-corrected chi connectivity index (χ1v) is 24.6. The SMILES string of the molecule is Cc1cc(OCCCC2CCN(CC(=O)Nc3cccc4c(C5CCC(=O)NC5=O)nn(C)c34)CC2)ccc1-c1ccc(N2CCc3cccc(C(=O)Nc4nc5ccccc5s4)c3C2)nc1C(=O)O. The number of carbonyl (C=O) groups is 5. The normalized spacial score (nSPS) is 16.5. The van der Waals surface area contributed by atoms with Crippen LogP contribution in [-0.4, -0.2) is 92.1 Å². The lowest BCUT2D eigenvalue weighted by Crippen LogP contribution is -2.39. The molecular formula is C53H53N9O7S. The molecule has 0 bridgehead atoms. The average molecular weight is 960 g/mol. The number of fused-ring (bicyclic) bond motifs is 3. The van der Waals surface area contributed by atoms with Crippen molar-refractivity contribution in [1.82, 2.24) is 30.0 Å². The highest BCUT2D eigenvalue weighted by molar-refractivity contribution is 7.22. The molecule has 0 saturated carbocycles. The van der Waals surface area contributed by atoms with Gasteiger partial charge in [0.1, 0.15) is 11.6 Å². The summed E-state index contributed by atoms with van der Waals surface area (Å²) in [5, 5.41) is 24.8. The quantitative estimate of drug-likeness (QED) is 0.0604. The average Bonchev–Trinajstić information content (AvgIpc) is 3.93. The van der Waals surface area contributed by atoms with Crippen LogP contribution >= 0.6 is 11.3 Å². The molecule has 0 spiro atoms. The summed E-state index contributed by atoms with van der Waals surface area (Å²) in [6, 6.07) is 28.5. The van der Waals surface area contributed by atoms with E-state index >= 15 is 0 Å². The number of nitrogens with zero attached hydrogens (tertiary/aromatic N) is 6. The van der Waals surface area contributed by atoms with E-state index in [-0.39, 0.29) is 42.3 Å². The van der Waals surface area contributed by atoms with Gasteiger partial charge in [-0.25, -0.2) is 14.8 Å². The molecule has 10 rings (SSSR count). The Kier molecular flexibility index (Phi) is 13.1. The van der Waals surface area contributed by atoms with E-state index in [1.165, 1.54) is 11.3 Å². The molecule has 3 aliphatic rings. The number of piperidine rings is 2. The highest BCUT2D eigenvalue weighted by Crippen LogP contribution is 2.36. The number of para-hydroxylation sites is 2. The number of hydrogen-bond donors (Lipinski definition) is 4. The summed E-state index contributed by atoms with van der Waals surface area (Å²) in [5.74, 6) is -0.841. The van der Waals surface area contributed by atoms with Crippen molar-refractivity contribution in [1.29, 1.82) is 0 Å². The van der Waals surface area contributed by atoms with Gasteiger partial charge in [0, 0.05) is 43.1 Å². The standard InChI is InChI=1S/C53H53N9O7S/c1-31-28-34(69-27-7-8-32-21-24-61(25-22-32)30-46(64)54-42-13-6-11-38-47(59-60(2)49(38)42)39-18-20-45(63)57-51(39)66)15-16-35(31)36-17-19-44(56-48(36)52(67)68)62-26-23-33-9-5-10-37(40(33)29-62)50(65)58-53-55-41-12-3-4-14-43(41)70-53/h3-6,9-17,19,28,32,39H,7-8,18,20-27,29-30H2,1-2H3,(H,54,64)(H,67,68)(H,55,58,65)(H,57,63,66). The highest BCUT2D eigenvalue weighted by atomic mass is 32.1. The van der Waals surface area contributed by atoms with E-state index in [2.05, 4.69) is 35.9 Å². The highest BCUT2D eigenvalue weighted by Gasteiger charge is 2.32. The van der Waals surface area contributed by atoms with Crippen LogP contribution in [0.1, 0.15) is 87.7 Å². The zero-order valence-corrected chi connectivity index (χ0v) is 39.8. The minimum absolute atomic E-state index is 0.0435. The van der Waals surface area contributed by atoms with Crippen molar-refractivity contribution < 1.29 is 33.8 Å². The minimum Gasteiger partial charge on any atom is -0.494 e. The molecule has 4 amide bonds. The fourth-order valence-electron chi connectivity index (χ4n) is 10.2. The van der Waals surface area contributed by atoms with Crippen molar-refractivity contribution in [2.24, 2.45) is 13.0 Å². The van der Waals surface area contributed by atoms with Crippen LogP contribution in [0.5, 0.6) is 5.75 Å². The number of likely N-dealkylation sites (tertiary alicyclic amines) is 1. The molecule has 3 aliphatic heterocycles. The molecule has 7 aromatic rings. The number of aryl methyl sites for hydroxylation is 2. The lowest BCUT2D eigenvalue weighted by molar-refractivity contribution is -0.134. The van der Waals surface area contributed by atoms with Gasteiger partial charge in [-0.05, 0) is 135 Å². The van der Waals surface area contributed by atoms with Gasteiger partial charge in [-0.1, -0.05) is 53.8 Å². The largest absolute Gasteiger partial charge is 0.494 e. The second kappa shape index (κ2) is 19.8. The number of nitrogens with one attached hydrogen (secondary N) is 3. The molecule has 16 nitrogen and oxygen atoms in total. The number of rotatable bonds is 14. The fraction of sp³-hybridized carbons (Fsp3) is 0.321. The molecule has 70 heavy (non-hydrogen) atoms. The van der Waals surface area contributed by atoms with E-state index < -0.39 is 11.9 Å². The Labute approximate surface area is 408 Å². The van der Waals surface area contributed by atoms with Gasteiger partial charge in [0.25, 0.3) is 5.91 Å². The number of anilines is 3. The summed E-state index contributed by atoms with van der Waals surface area (Å²) in [4.78, 5) is 77.4. The second-order valence-corrected chi connectivity index (χ2v) is 19.4. The second-order valence-electron chi connectivity index (χ2n) is 18.4. The van der Waals surface area contributed by atoms with Crippen LogP contribution in [0.15, 0.2) is 91.0 Å². The Hall–Kier alpha value is -7.50. The smallest absolute Gasteiger partial charge is 0.355 e. The van der Waals surface area contributed by atoms with Crippen molar-refractivity contribution in [2.75, 3.05) is 48.3 Å². The zero-order chi connectivity index (χ0) is 48.5. The van der Waals surface area contributed by atoms with Crippen LogP contribution < -0.4 is 25.6 Å². The number of amides is 4. The van der Waals surface area contributed by atoms with E-state index in [1.54, 1.807) is 11.7 Å². The van der Waals surface area contributed by atoms with Gasteiger partial charge < -0.3 is 20.1 Å². The fourth-order valence-corrected chi connectivity index (χ4v) is 11.0. The number of carboxylic acid groups (broad SMARTS) is 1. The van der Waals surface area contributed by atoms with Crippen LogP contribution in [-0.2, 0) is 34.4 Å². The Morgan fingerprint density at radius 1 is 0.886 bits per heavy atom. The lowest BCUT2D eigenvalue weighted by atomic mass is 9.92. The van der Waals surface area contributed by atoms with Gasteiger partial charge >= 0.3 is 5.97 Å². The van der Waals surface area contributed by atoms with Gasteiger partial charge in [0.2, 0.25) is 17.7 Å². The maximum absolute atomic E-state index is 13.6. The lowest BCUT2D eigenvalue weighted by Gasteiger charge is -2.31. The summed E-state index contributed by atoms with van der Waals surface area (Å²) in [7, 11) is 1.79. The monoisotopic (exact) mass is 959 g/mol. The molecule has 6 heterocycles. The molecule has 0 aliphatic carbocycles. The van der Waals surface area contributed by atoms with Gasteiger partial charge in [0.05, 0.1) is 46.2 Å². The van der Waals surface area contributed by atoms with Crippen molar-refractivity contribution in [2.45, 2.75) is 64.3 Å². The number of aromatic carboxylic acids is 1. The number of benzene rings is 4. The molecule has 1 atom stereocenters. The first-order chi connectivity index (χ1) is 33.9. The zero-order valence-electron chi connectivity index (χ0n) is 39.0. The van der Waals surface area contributed by atoms with E-state index in [0.29, 0.717) is 77.7 Å². The molecule has 2 fully saturated rings. The number of pyridine rings is 1. The third-order valence-electron chi connectivity index (χ3n) is 13.8. The van der Waals surface area contributed by atoms with Crippen LogP contribution in [0.2, 0.25) is 0 Å². The molecule has 0 radical (unpaired) electrons. The number of imide groups is 1. The summed E-state index contributed by atoms with van der Waals surface area (Å²) in [6.45, 7) is 5.43. The van der Waals surface area contributed by atoms with E-state index in [1.807, 2.05) is 103 Å². The van der Waals surface area contributed by atoms with Gasteiger partial charge in [-0.15, -0.1) is 0 Å². The third kappa shape index (κ3) is 9.71. The van der Waals surface area contributed by atoms with Crippen LogP contribution in [0.4, 0.5) is 16.6 Å². The number of aromatic nitrogens is 4. The maximum Gasteiger partial charge on any atom is 0.355 e. The predicted octanol–water partition coefficient (Wildman–Crippen LogP) is 8.10. The molecular weight excluding hydrogens is 907 g/mol. The van der Waals surface area contributed by atoms with Crippen molar-refractivity contribution in [3.8, 4) is 16.9 Å². The Morgan fingerprint density at radius 2 is 1.70 bits per heavy atom. The van der Waals surface area contributed by atoms with Crippen molar-refractivity contribution in [3.63, 3.8) is 0 Å². The number of hydrogen-bond acceptors (Lipinski definition) is 12. The van der Waals surface area contributed by atoms with Crippen LogP contribution in [0.3, 0.4) is 0 Å².